The average Bonchev–Trinajstić information content (AvgIpc) is 0. The van der Waals surface area contributed by atoms with E-state index in [-0.39, 0.29) is 739 Å². The fourth-order valence-electron chi connectivity index (χ4n) is 0. The van der Waals surface area contributed by atoms with Crippen LogP contribution in [-0.2, 0) is 0 Å². The van der Waals surface area contributed by atoms with E-state index < -0.39 is 0 Å². The minimum atomic E-state index is 0. The van der Waals surface area contributed by atoms with Gasteiger partial charge in [0.1, 0.15) is 0 Å². The van der Waals surface area contributed by atoms with Crippen molar-refractivity contribution in [1.82, 2.24) is 0 Å². The monoisotopic (exact) mass is 560 g/mol. The topological polar surface area (TPSA) is 0 Å². The van der Waals surface area contributed by atoms with E-state index in [1.54, 1.807) is 0 Å². The summed E-state index contributed by atoms with van der Waals surface area (Å²) >= 11 is 0. The molecule has 0 heterocycles. The molecule has 0 bridgehead atoms. The first-order valence-corrected chi connectivity index (χ1v) is 0. The van der Waals surface area contributed by atoms with Crippen LogP contribution < -0.4 is 719 Å². The van der Waals surface area contributed by atoms with Crippen molar-refractivity contribution >= 4 is 0 Å². The van der Waals surface area contributed by atoms with Crippen molar-refractivity contribution in [3.8, 4) is 0 Å². The summed E-state index contributed by atoms with van der Waals surface area (Å²) in [7, 11) is 0. The predicted octanol–water partition coefficient (Wildman–Crippen LogP) is -40.4. The first kappa shape index (κ1) is 90.7. The van der Waals surface area contributed by atoms with Gasteiger partial charge in [-0.05, 0) is 0 Å². The maximum Gasteiger partial charge on any atom is 1.00 e. The summed E-state index contributed by atoms with van der Waals surface area (Å²) in [6.07, 6.45) is 0. The third kappa shape index (κ3) is 76.5. The van der Waals surface area contributed by atoms with Gasteiger partial charge in [0.2, 0.25) is 0 Å². The molecule has 0 spiro atoms. The van der Waals surface area contributed by atoms with Gasteiger partial charge in [0, 0.05) is 0 Å². The summed E-state index contributed by atoms with van der Waals surface area (Å²) in [5, 5.41) is 0. The molecule has 0 aromatic rings. The molecular weight excluding hydrogens is 547 g/mol. The van der Waals surface area contributed by atoms with Crippen molar-refractivity contribution in [3.05, 3.63) is 0 Å². The van der Waals surface area contributed by atoms with Crippen molar-refractivity contribution in [3.63, 3.8) is 0 Å². The van der Waals surface area contributed by atoms with Crippen LogP contribution >= 0.6 is 0 Å². The van der Waals surface area contributed by atoms with Crippen LogP contribution in [0.5, 0.6) is 0 Å². The Hall–Kier alpha value is 22.9. The summed E-state index contributed by atoms with van der Waals surface area (Å²) in [5.74, 6) is 0. The molecule has 0 saturated heterocycles. The van der Waals surface area contributed by atoms with E-state index in [2.05, 4.69) is 0 Å². The van der Waals surface area contributed by atoms with E-state index in [1.165, 1.54) is 0 Å². The van der Waals surface area contributed by atoms with Crippen molar-refractivity contribution in [2.75, 3.05) is 0 Å². The average molecular weight is 561 g/mol. The molecule has 0 rings (SSSR count). The molecule has 0 aliphatic carbocycles. The smallest absolute Gasteiger partial charge is 1.00 e. The predicted molar refractivity (Wildman–Crippen MR) is 15.6 cm³/mol. The van der Waals surface area contributed by atoms with Gasteiger partial charge in [-0.15, -0.1) is 0 Å². The summed E-state index contributed by atoms with van der Waals surface area (Å²) in [5.41, 5.74) is 0. The molecule has 0 unspecified atom stereocenters. The van der Waals surface area contributed by atoms with Gasteiger partial charge in [-0.25, -0.2) is 0 Å². The molecule has 0 aliphatic rings. The molecule has 0 aliphatic heterocycles. The Morgan fingerprint density at radius 3 is 0.143 bits per heavy atom. The molecule has 0 fully saturated rings. The van der Waals surface area contributed by atoms with Crippen LogP contribution in [0.2, 0.25) is 0 Å². The van der Waals surface area contributed by atoms with Gasteiger partial charge in [-0.3, -0.25) is 0 Å². The first-order valence-electron chi connectivity index (χ1n) is 0. The van der Waals surface area contributed by atoms with E-state index in [1.807, 2.05) is 0 Å². The standard InChI is InChI=1S/14K.14H/q14*+1;14*-1. The van der Waals surface area contributed by atoms with Gasteiger partial charge in [-0.1, -0.05) is 0 Å². The molecule has 0 radical (unpaired) electrons. The van der Waals surface area contributed by atoms with Crippen LogP contribution in [0.1, 0.15) is 20.0 Å². The molecule has 28 valence electrons. The molecule has 0 amide bonds. The van der Waals surface area contributed by atoms with E-state index >= 15 is 0 Å². The molecule has 14 heteroatoms. The molecule has 0 saturated carbocycles. The Kier molecular flexibility index (Phi) is 540. The van der Waals surface area contributed by atoms with Crippen LogP contribution in [0, 0.1) is 0 Å². The Morgan fingerprint density at radius 1 is 0.143 bits per heavy atom. The number of rotatable bonds is 0. The minimum Gasteiger partial charge on any atom is -1.00 e. The summed E-state index contributed by atoms with van der Waals surface area (Å²) in [6.45, 7) is 0. The van der Waals surface area contributed by atoms with Gasteiger partial charge in [0.25, 0.3) is 0 Å². The molecule has 0 aromatic heterocycles. The third-order valence-corrected chi connectivity index (χ3v) is 0. The molecular formula is H14K14. The fourth-order valence-corrected chi connectivity index (χ4v) is 0. The van der Waals surface area contributed by atoms with Crippen LogP contribution in [0.3, 0.4) is 0 Å². The number of hydrogen-bond acceptors (Lipinski definition) is 0. The van der Waals surface area contributed by atoms with Gasteiger partial charge in [-0.2, -0.15) is 0 Å². The van der Waals surface area contributed by atoms with Crippen LogP contribution in [0.15, 0.2) is 0 Å². The molecule has 0 atom stereocenters. The first-order chi connectivity index (χ1) is 0. The zero-order valence-electron chi connectivity index (χ0n) is 28.0. The summed E-state index contributed by atoms with van der Waals surface area (Å²) in [4.78, 5) is 0. The second kappa shape index (κ2) is 83.4. The van der Waals surface area contributed by atoms with Gasteiger partial charge >= 0.3 is 719 Å². The van der Waals surface area contributed by atoms with Crippen molar-refractivity contribution < 1.29 is 739 Å². The molecule has 0 nitrogen and oxygen atoms in total. The second-order valence-corrected chi connectivity index (χ2v) is 0. The van der Waals surface area contributed by atoms with Crippen LogP contribution in [0.25, 0.3) is 0 Å². The quantitative estimate of drug-likeness (QED) is 0.258. The Balaban J connectivity index is 0. The van der Waals surface area contributed by atoms with Gasteiger partial charge in [0.05, 0.1) is 0 Å². The van der Waals surface area contributed by atoms with E-state index in [0.717, 1.165) is 0 Å². The van der Waals surface area contributed by atoms with Crippen LogP contribution in [0.4, 0.5) is 0 Å². The third-order valence-electron chi connectivity index (χ3n) is 0. The Morgan fingerprint density at radius 2 is 0.143 bits per heavy atom. The van der Waals surface area contributed by atoms with Crippen molar-refractivity contribution in [1.29, 1.82) is 0 Å². The van der Waals surface area contributed by atoms with Gasteiger partial charge < -0.3 is 20.0 Å². The maximum atomic E-state index is 0. The van der Waals surface area contributed by atoms with Crippen LogP contribution in [-0.4, -0.2) is 0 Å². The van der Waals surface area contributed by atoms with Gasteiger partial charge in [0.15, 0.2) is 0 Å². The maximum absolute atomic E-state index is 0. The Labute approximate surface area is 707 Å². The molecule has 0 N–H and O–H groups in total. The minimum absolute atomic E-state index is 0. The summed E-state index contributed by atoms with van der Waals surface area (Å²) in [6, 6.07) is 0. The van der Waals surface area contributed by atoms with E-state index in [4.69, 9.17) is 0 Å². The van der Waals surface area contributed by atoms with E-state index in [9.17, 15) is 0 Å². The second-order valence-electron chi connectivity index (χ2n) is 0. The fraction of sp³-hybridized carbons (Fsp3) is 0. The van der Waals surface area contributed by atoms with Crippen molar-refractivity contribution in [2.45, 2.75) is 0 Å². The normalized spacial score (nSPS) is 0. The van der Waals surface area contributed by atoms with Crippen molar-refractivity contribution in [2.24, 2.45) is 0 Å². The zero-order valence-corrected chi connectivity index (χ0v) is 57.7. The number of hydrogen-bond donors (Lipinski definition) is 0. The molecule has 14 heavy (non-hydrogen) atoms. The largest absolute Gasteiger partial charge is 1.00 e. The molecule has 0 aromatic carbocycles. The Bertz CT molecular complexity index is 28.0. The summed E-state index contributed by atoms with van der Waals surface area (Å²) < 4.78 is 0. The SMILES string of the molecule is [H-].[H-].[H-].[H-].[H-].[H-].[H-].[H-].[H-].[H-].[H-].[H-].[H-].[H-].[K+].[K+].[K+].[K+].[K+].[K+].[K+].[K+].[K+].[K+].[K+].[K+].[K+].[K+]. The zero-order chi connectivity index (χ0) is 0. The van der Waals surface area contributed by atoms with E-state index in [0.29, 0.717) is 0 Å².